The van der Waals surface area contributed by atoms with Crippen molar-refractivity contribution < 1.29 is 8.83 Å². The van der Waals surface area contributed by atoms with E-state index >= 15 is 0 Å². The lowest BCUT2D eigenvalue weighted by atomic mass is 9.99. The zero-order valence-electron chi connectivity index (χ0n) is 30.4. The summed E-state index contributed by atoms with van der Waals surface area (Å²) < 4.78 is 15.3. The molecule has 0 bridgehead atoms. The molecule has 0 aliphatic rings. The number of rotatable bonds is 5. The Morgan fingerprint density at radius 3 is 1.56 bits per heavy atom. The van der Waals surface area contributed by atoms with E-state index < -0.39 is 0 Å². The molecule has 0 unspecified atom stereocenters. The van der Waals surface area contributed by atoms with Crippen molar-refractivity contribution in [3.63, 3.8) is 0 Å². The largest absolute Gasteiger partial charge is 0.456 e. The highest BCUT2D eigenvalue weighted by Gasteiger charge is 2.22. The summed E-state index contributed by atoms with van der Waals surface area (Å²) >= 11 is 0. The van der Waals surface area contributed by atoms with Gasteiger partial charge in [0.1, 0.15) is 22.3 Å². The van der Waals surface area contributed by atoms with E-state index in [-0.39, 0.29) is 0 Å². The molecule has 8 aromatic carbocycles. The minimum absolute atomic E-state index is 0.515. The van der Waals surface area contributed by atoms with Gasteiger partial charge in [-0.15, -0.1) is 0 Å². The van der Waals surface area contributed by atoms with Gasteiger partial charge in [0.15, 0.2) is 11.6 Å². The Bertz CT molecular complexity index is 3510. The van der Waals surface area contributed by atoms with Gasteiger partial charge in [-0.3, -0.25) is 4.57 Å². The Morgan fingerprint density at radius 1 is 0.333 bits per heavy atom. The number of hydrogen-bond donors (Lipinski definition) is 0. The van der Waals surface area contributed by atoms with Gasteiger partial charge in [-0.1, -0.05) is 140 Å². The first-order chi connectivity index (χ1) is 28.2. The van der Waals surface area contributed by atoms with E-state index in [0.29, 0.717) is 17.6 Å². The number of aromatic nitrogens is 4. The molecule has 266 valence electrons. The van der Waals surface area contributed by atoms with Gasteiger partial charge in [0, 0.05) is 49.5 Å². The molecule has 0 fully saturated rings. The summed E-state index contributed by atoms with van der Waals surface area (Å²) in [4.78, 5) is 15.5. The molecule has 12 rings (SSSR count). The first-order valence-corrected chi connectivity index (χ1v) is 19.0. The molecule has 0 radical (unpaired) electrons. The second-order valence-electron chi connectivity index (χ2n) is 14.4. The van der Waals surface area contributed by atoms with Crippen molar-refractivity contribution in [3.05, 3.63) is 182 Å². The van der Waals surface area contributed by atoms with Gasteiger partial charge in [-0.25, -0.2) is 4.98 Å². The van der Waals surface area contributed by atoms with Gasteiger partial charge in [-0.05, 0) is 58.7 Å². The van der Waals surface area contributed by atoms with Crippen LogP contribution in [0.3, 0.4) is 0 Å². The molecule has 0 atom stereocenters. The molecule has 57 heavy (non-hydrogen) atoms. The highest BCUT2D eigenvalue weighted by atomic mass is 16.3. The molecule has 4 heterocycles. The fraction of sp³-hybridized carbons (Fsp3) is 0. The van der Waals surface area contributed by atoms with Crippen LogP contribution in [0.5, 0.6) is 0 Å². The van der Waals surface area contributed by atoms with Crippen molar-refractivity contribution in [1.29, 1.82) is 0 Å². The fourth-order valence-corrected chi connectivity index (χ4v) is 8.50. The van der Waals surface area contributed by atoms with E-state index in [2.05, 4.69) is 120 Å². The molecule has 0 N–H and O–H groups in total. The second kappa shape index (κ2) is 12.3. The quantitative estimate of drug-likeness (QED) is 0.176. The molecule has 0 saturated carbocycles. The lowest BCUT2D eigenvalue weighted by Gasteiger charge is -2.11. The molecule has 0 amide bonds. The van der Waals surface area contributed by atoms with Crippen LogP contribution < -0.4 is 0 Å². The molecule has 0 aliphatic heterocycles. The third-order valence-electron chi connectivity index (χ3n) is 11.1. The van der Waals surface area contributed by atoms with Crippen LogP contribution in [0, 0.1) is 0 Å². The monoisotopic (exact) mass is 730 g/mol. The Labute approximate surface area is 325 Å². The maximum absolute atomic E-state index is 6.62. The summed E-state index contributed by atoms with van der Waals surface area (Å²) in [6.07, 6.45) is 0. The van der Waals surface area contributed by atoms with Crippen LogP contribution in [0.15, 0.2) is 191 Å². The molecule has 6 heteroatoms. The number of benzene rings is 8. The van der Waals surface area contributed by atoms with Gasteiger partial charge < -0.3 is 8.83 Å². The number of fused-ring (bicyclic) bond motifs is 9. The standard InChI is InChI=1S/C51H30N4O2/c1-4-14-31(15-5-1)35-21-12-24-43-47(35)38-27-26-34(28-45(38)56-43)50-52-49(33-18-8-3-9-19-33)53-51(54-50)55-41-23-11-10-20-37(41)39-29-40-46(30-42(39)55)57-44-25-13-22-36(48(40)44)32-16-6-2-7-17-32/h1-30H. The predicted octanol–water partition coefficient (Wildman–Crippen LogP) is 13.4. The maximum atomic E-state index is 6.62. The highest BCUT2D eigenvalue weighted by molar-refractivity contribution is 6.20. The molecular formula is C51H30N4O2. The van der Waals surface area contributed by atoms with Crippen LogP contribution >= 0.6 is 0 Å². The van der Waals surface area contributed by atoms with E-state index in [1.165, 1.54) is 0 Å². The van der Waals surface area contributed by atoms with Crippen LogP contribution in [0.4, 0.5) is 0 Å². The van der Waals surface area contributed by atoms with Crippen molar-refractivity contribution in [2.75, 3.05) is 0 Å². The fourth-order valence-electron chi connectivity index (χ4n) is 8.50. The van der Waals surface area contributed by atoms with E-state index in [0.717, 1.165) is 99.1 Å². The van der Waals surface area contributed by atoms with Gasteiger partial charge in [0.25, 0.3) is 0 Å². The van der Waals surface area contributed by atoms with E-state index in [1.54, 1.807) is 0 Å². The first-order valence-electron chi connectivity index (χ1n) is 19.0. The normalized spacial score (nSPS) is 11.9. The van der Waals surface area contributed by atoms with Crippen molar-refractivity contribution in [2.24, 2.45) is 0 Å². The molecule has 12 aromatic rings. The molecule has 0 saturated heterocycles. The number of nitrogens with zero attached hydrogens (tertiary/aromatic N) is 4. The average Bonchev–Trinajstić information content (AvgIpc) is 3.95. The average molecular weight is 731 g/mol. The Morgan fingerprint density at radius 2 is 0.895 bits per heavy atom. The Hall–Kier alpha value is -7.83. The Kier molecular flexibility index (Phi) is 6.83. The third-order valence-corrected chi connectivity index (χ3v) is 11.1. The predicted molar refractivity (Wildman–Crippen MR) is 230 cm³/mol. The van der Waals surface area contributed by atoms with Gasteiger partial charge in [-0.2, -0.15) is 9.97 Å². The van der Waals surface area contributed by atoms with Crippen molar-refractivity contribution >= 4 is 65.7 Å². The first kappa shape index (κ1) is 31.5. The SMILES string of the molecule is c1ccc(-c2nc(-c3ccc4c(c3)oc3cccc(-c5ccccc5)c34)nc(-n3c4ccccc4c4cc5c(cc43)oc3cccc(-c4ccccc4)c35)n2)cc1. The van der Waals surface area contributed by atoms with Crippen LogP contribution in [-0.2, 0) is 0 Å². The lowest BCUT2D eigenvalue weighted by Crippen LogP contribution is -2.06. The lowest BCUT2D eigenvalue weighted by molar-refractivity contribution is 0.668. The number of furan rings is 2. The minimum Gasteiger partial charge on any atom is -0.456 e. The molecule has 4 aromatic heterocycles. The second-order valence-corrected chi connectivity index (χ2v) is 14.4. The molecule has 6 nitrogen and oxygen atoms in total. The molecule has 0 spiro atoms. The van der Waals surface area contributed by atoms with Crippen LogP contribution in [0.2, 0.25) is 0 Å². The molecule has 0 aliphatic carbocycles. The van der Waals surface area contributed by atoms with Crippen LogP contribution in [0.25, 0.3) is 117 Å². The summed E-state index contributed by atoms with van der Waals surface area (Å²) in [7, 11) is 0. The van der Waals surface area contributed by atoms with Crippen molar-refractivity contribution in [2.45, 2.75) is 0 Å². The highest BCUT2D eigenvalue weighted by Crippen LogP contribution is 2.42. The topological polar surface area (TPSA) is 69.9 Å². The number of hydrogen-bond acceptors (Lipinski definition) is 5. The van der Waals surface area contributed by atoms with E-state index in [9.17, 15) is 0 Å². The van der Waals surface area contributed by atoms with E-state index in [4.69, 9.17) is 23.8 Å². The van der Waals surface area contributed by atoms with Crippen molar-refractivity contribution in [1.82, 2.24) is 19.5 Å². The minimum atomic E-state index is 0.515. The van der Waals surface area contributed by atoms with Crippen LogP contribution in [-0.4, -0.2) is 19.5 Å². The van der Waals surface area contributed by atoms with Gasteiger partial charge in [0.05, 0.1) is 11.0 Å². The smallest absolute Gasteiger partial charge is 0.238 e. The van der Waals surface area contributed by atoms with Gasteiger partial charge >= 0.3 is 0 Å². The zero-order chi connectivity index (χ0) is 37.5. The zero-order valence-corrected chi connectivity index (χ0v) is 30.4. The van der Waals surface area contributed by atoms with E-state index in [1.807, 2.05) is 66.7 Å². The number of para-hydroxylation sites is 1. The molecular weight excluding hydrogens is 701 g/mol. The summed E-state index contributed by atoms with van der Waals surface area (Å²) in [6, 6.07) is 62.6. The summed E-state index contributed by atoms with van der Waals surface area (Å²) in [5.74, 6) is 1.64. The summed E-state index contributed by atoms with van der Waals surface area (Å²) in [5.41, 5.74) is 11.5. The third kappa shape index (κ3) is 4.94. The van der Waals surface area contributed by atoms with Gasteiger partial charge in [0.2, 0.25) is 5.95 Å². The summed E-state index contributed by atoms with van der Waals surface area (Å²) in [5, 5.41) is 6.48. The van der Waals surface area contributed by atoms with Crippen molar-refractivity contribution in [3.8, 4) is 51.0 Å². The van der Waals surface area contributed by atoms with Crippen LogP contribution in [0.1, 0.15) is 0 Å². The maximum Gasteiger partial charge on any atom is 0.238 e. The Balaban J connectivity index is 1.09. The summed E-state index contributed by atoms with van der Waals surface area (Å²) in [6.45, 7) is 0.